The van der Waals surface area contributed by atoms with E-state index in [0.717, 1.165) is 5.69 Å². The quantitative estimate of drug-likeness (QED) is 0.729. The van der Waals surface area contributed by atoms with Crippen LogP contribution in [0.1, 0.15) is 0 Å². The van der Waals surface area contributed by atoms with E-state index in [-0.39, 0.29) is 18.5 Å². The molecule has 0 aromatic carbocycles. The van der Waals surface area contributed by atoms with Gasteiger partial charge in [-0.3, -0.25) is 4.79 Å². The number of rotatable bonds is 2. The number of hydrogen-bond acceptors (Lipinski definition) is 5. The zero-order chi connectivity index (χ0) is 17.0. The van der Waals surface area contributed by atoms with Gasteiger partial charge >= 0.3 is 6.09 Å². The second kappa shape index (κ2) is 4.95. The summed E-state index contributed by atoms with van der Waals surface area (Å²) in [6.07, 6.45) is -0.956. The van der Waals surface area contributed by atoms with E-state index in [4.69, 9.17) is 10.5 Å². The molecule has 24 heavy (non-hydrogen) atoms. The number of likely N-dealkylation sites (N-methyl/N-ethyl adjacent to an activating group) is 1. The molecule has 0 aromatic rings. The molecule has 124 valence electrons. The van der Waals surface area contributed by atoms with Crippen LogP contribution in [-0.2, 0) is 11.3 Å². The van der Waals surface area contributed by atoms with E-state index >= 15 is 0 Å². The summed E-state index contributed by atoms with van der Waals surface area (Å²) in [7, 11) is 1.55. The normalized spacial score (nSPS) is 16.7. The number of benzene rings is 1. The first-order valence-electron chi connectivity index (χ1n) is 7.54. The summed E-state index contributed by atoms with van der Waals surface area (Å²) in [6, 6.07) is 5.02. The van der Waals surface area contributed by atoms with Gasteiger partial charge in [0, 0.05) is 20.1 Å². The molecule has 2 amide bonds. The van der Waals surface area contributed by atoms with Crippen molar-refractivity contribution in [2.24, 2.45) is 0 Å². The van der Waals surface area contributed by atoms with E-state index in [1.54, 1.807) is 25.2 Å². The van der Waals surface area contributed by atoms with Gasteiger partial charge < -0.3 is 30.2 Å². The van der Waals surface area contributed by atoms with Crippen LogP contribution in [-0.4, -0.2) is 57.7 Å². The number of nitrogens with zero attached hydrogens (tertiary/aromatic N) is 4. The van der Waals surface area contributed by atoms with E-state index in [1.165, 1.54) is 4.90 Å². The van der Waals surface area contributed by atoms with Crippen molar-refractivity contribution in [2.75, 3.05) is 30.4 Å². The van der Waals surface area contributed by atoms with Gasteiger partial charge in [0.05, 0.1) is 22.8 Å². The van der Waals surface area contributed by atoms with Gasteiger partial charge in [-0.1, -0.05) is 0 Å². The van der Waals surface area contributed by atoms with Crippen molar-refractivity contribution in [3.8, 4) is 11.4 Å². The monoisotopic (exact) mass is 328 g/mol. The maximum absolute atomic E-state index is 11.9. The van der Waals surface area contributed by atoms with Crippen LogP contribution < -0.4 is 15.6 Å². The van der Waals surface area contributed by atoms with Gasteiger partial charge in [-0.05, 0) is 18.2 Å². The summed E-state index contributed by atoms with van der Waals surface area (Å²) in [5.41, 5.74) is 1.44. The zero-order valence-corrected chi connectivity index (χ0v) is 13.0. The molecule has 1 aliphatic carbocycles. The number of nitrogens with one attached hydrogen (secondary N) is 2. The summed E-state index contributed by atoms with van der Waals surface area (Å²) < 4.78 is 1.83. The Labute approximate surface area is 137 Å². The smallest absolute Gasteiger partial charge is 0.407 e. The van der Waals surface area contributed by atoms with Crippen LogP contribution in [0, 0.1) is 5.41 Å². The molecule has 0 aromatic heterocycles. The maximum Gasteiger partial charge on any atom is 0.407 e. The lowest BCUT2D eigenvalue weighted by Crippen LogP contribution is -2.60. The highest BCUT2D eigenvalue weighted by molar-refractivity contribution is 5.98. The van der Waals surface area contributed by atoms with E-state index in [9.17, 15) is 9.59 Å². The SMILES string of the molecule is CN(C(=O)O)C1CN(c2nc3ccc(=N)cc-3n3c2NC(=O)C3)C1. The van der Waals surface area contributed by atoms with E-state index in [0.29, 0.717) is 35.8 Å². The first kappa shape index (κ1) is 14.5. The fourth-order valence-electron chi connectivity index (χ4n) is 3.10. The minimum Gasteiger partial charge on any atom is -0.465 e. The molecule has 9 nitrogen and oxygen atoms in total. The number of fused-ring (bicyclic) bond motifs is 3. The molecule has 0 radical (unpaired) electrons. The Morgan fingerprint density at radius 2 is 2.21 bits per heavy atom. The average molecular weight is 328 g/mol. The van der Waals surface area contributed by atoms with Crippen molar-refractivity contribution < 1.29 is 14.7 Å². The third-order valence-electron chi connectivity index (χ3n) is 4.55. The minimum absolute atomic E-state index is 0.0895. The van der Waals surface area contributed by atoms with Crippen molar-refractivity contribution in [3.05, 3.63) is 23.6 Å². The Morgan fingerprint density at radius 1 is 1.46 bits per heavy atom. The molecule has 0 unspecified atom stereocenters. The fraction of sp³-hybridized carbons (Fsp3) is 0.333. The van der Waals surface area contributed by atoms with Crippen LogP contribution in [0.25, 0.3) is 11.4 Å². The molecule has 3 N–H and O–H groups in total. The molecule has 1 fully saturated rings. The molecular weight excluding hydrogens is 312 g/mol. The highest BCUT2D eigenvalue weighted by Gasteiger charge is 2.37. The predicted octanol–water partition coefficient (Wildman–Crippen LogP) is 0.218. The third kappa shape index (κ3) is 2.08. The van der Waals surface area contributed by atoms with Gasteiger partial charge in [-0.2, -0.15) is 0 Å². The molecule has 1 saturated heterocycles. The van der Waals surface area contributed by atoms with Gasteiger partial charge in [0.15, 0.2) is 11.6 Å². The van der Waals surface area contributed by atoms with Crippen molar-refractivity contribution in [1.82, 2.24) is 14.5 Å². The molecule has 9 heteroatoms. The molecule has 3 aliphatic heterocycles. The van der Waals surface area contributed by atoms with Crippen molar-refractivity contribution in [1.29, 1.82) is 5.41 Å². The lowest BCUT2D eigenvalue weighted by atomic mass is 10.1. The molecule has 0 spiro atoms. The van der Waals surface area contributed by atoms with Crippen molar-refractivity contribution in [2.45, 2.75) is 12.6 Å². The van der Waals surface area contributed by atoms with Gasteiger partial charge in [0.1, 0.15) is 6.54 Å². The third-order valence-corrected chi connectivity index (χ3v) is 4.55. The van der Waals surface area contributed by atoms with Crippen molar-refractivity contribution in [3.63, 3.8) is 0 Å². The maximum atomic E-state index is 11.9. The van der Waals surface area contributed by atoms with E-state index < -0.39 is 6.09 Å². The summed E-state index contributed by atoms with van der Waals surface area (Å²) >= 11 is 0. The number of hydrogen-bond donors (Lipinski definition) is 3. The summed E-state index contributed by atoms with van der Waals surface area (Å²) in [4.78, 5) is 30.8. The van der Waals surface area contributed by atoms with Gasteiger partial charge in [0.25, 0.3) is 0 Å². The number of carboxylic acid groups (broad SMARTS) is 1. The number of aromatic nitrogens is 2. The number of carbonyl (C=O) groups is 2. The Balaban J connectivity index is 1.73. The predicted molar refractivity (Wildman–Crippen MR) is 85.1 cm³/mol. The summed E-state index contributed by atoms with van der Waals surface area (Å²) in [6.45, 7) is 1.25. The molecule has 4 rings (SSSR count). The lowest BCUT2D eigenvalue weighted by Gasteiger charge is -2.44. The van der Waals surface area contributed by atoms with Gasteiger partial charge in [-0.15, -0.1) is 0 Å². The number of anilines is 2. The second-order valence-electron chi connectivity index (χ2n) is 6.07. The molecular formula is C15H16N6O3. The standard InChI is InChI=1S/C15H16N6O3/c1-19(15(23)24)9-5-20(6-9)13-14-18-12(22)7-21(14)11-4-8(16)2-3-10(11)17-13/h2-4,9,16H,5-7H2,1H3,(H,18,22)(H,23,24). The highest BCUT2D eigenvalue weighted by atomic mass is 16.4. The average Bonchev–Trinajstić information content (AvgIpc) is 2.88. The second-order valence-corrected chi connectivity index (χ2v) is 6.07. The van der Waals surface area contributed by atoms with Crippen LogP contribution in [0.15, 0.2) is 18.2 Å². The molecule has 0 bridgehead atoms. The van der Waals surface area contributed by atoms with Crippen LogP contribution in [0.5, 0.6) is 0 Å². The van der Waals surface area contributed by atoms with E-state index in [1.807, 2.05) is 9.47 Å². The van der Waals surface area contributed by atoms with Crippen molar-refractivity contribution >= 4 is 23.6 Å². The van der Waals surface area contributed by atoms with Gasteiger partial charge in [-0.25, -0.2) is 9.78 Å². The Bertz CT molecular complexity index is 885. The topological polar surface area (TPSA) is 115 Å². The van der Waals surface area contributed by atoms with Crippen LogP contribution >= 0.6 is 0 Å². The number of carbonyl (C=O) groups excluding carboxylic acids is 1. The Hall–Kier alpha value is -3.10. The Kier molecular flexibility index (Phi) is 2.99. The largest absolute Gasteiger partial charge is 0.465 e. The Morgan fingerprint density at radius 3 is 2.92 bits per heavy atom. The van der Waals surface area contributed by atoms with Crippen LogP contribution in [0.2, 0.25) is 0 Å². The summed E-state index contributed by atoms with van der Waals surface area (Å²) in [5, 5.41) is 20.0. The highest BCUT2D eigenvalue weighted by Crippen LogP contribution is 2.36. The molecule has 0 saturated carbocycles. The molecule has 0 atom stereocenters. The first-order chi connectivity index (χ1) is 11.4. The van der Waals surface area contributed by atoms with Crippen LogP contribution in [0.3, 0.4) is 0 Å². The van der Waals surface area contributed by atoms with Crippen LogP contribution in [0.4, 0.5) is 16.4 Å². The van der Waals surface area contributed by atoms with Gasteiger partial charge in [0.2, 0.25) is 5.91 Å². The first-order valence-corrected chi connectivity index (χ1v) is 7.54. The molecule has 4 aliphatic rings. The van der Waals surface area contributed by atoms with E-state index in [2.05, 4.69) is 10.3 Å². The fourth-order valence-corrected chi connectivity index (χ4v) is 3.10. The zero-order valence-electron chi connectivity index (χ0n) is 13.0. The lowest BCUT2D eigenvalue weighted by molar-refractivity contribution is -0.115. The molecule has 3 heterocycles. The minimum atomic E-state index is -0.956. The summed E-state index contributed by atoms with van der Waals surface area (Å²) in [5.74, 6) is 1.12. The number of amides is 2.